The number of nitrogens with zero attached hydrogens (tertiary/aromatic N) is 4. The van der Waals surface area contributed by atoms with Crippen LogP contribution in [-0.4, -0.2) is 45.6 Å². The van der Waals surface area contributed by atoms with Gasteiger partial charge in [-0.25, -0.2) is 19.6 Å². The normalized spacial score (nSPS) is 13.2. The van der Waals surface area contributed by atoms with Gasteiger partial charge in [0.25, 0.3) is 0 Å². The molecule has 0 N–H and O–H groups in total. The number of halogens is 1. The SMILES string of the molecule is COc1ccccc1-c1nccc(COc2ccccc2C[C@@H](Oc2nsc3cnc(C4CCC4)c(-c4ccc(OC)c(Cl)c4C)c23)C(=O)OCc2oc(=O)oc2C)n1. The Morgan fingerprint density at radius 2 is 1.69 bits per heavy atom. The summed E-state index contributed by atoms with van der Waals surface area (Å²) < 4.78 is 45.4. The van der Waals surface area contributed by atoms with Crippen LogP contribution in [0.2, 0.25) is 5.02 Å². The molecule has 0 bridgehead atoms. The van der Waals surface area contributed by atoms with Gasteiger partial charge in [-0.15, -0.1) is 0 Å². The van der Waals surface area contributed by atoms with Crippen molar-refractivity contribution >= 4 is 39.2 Å². The number of para-hydroxylation sites is 2. The summed E-state index contributed by atoms with van der Waals surface area (Å²) >= 11 is 8.04. The summed E-state index contributed by atoms with van der Waals surface area (Å²) in [5.41, 5.74) is 5.49. The van der Waals surface area contributed by atoms with E-state index in [2.05, 4.69) is 4.98 Å². The molecule has 0 aliphatic heterocycles. The summed E-state index contributed by atoms with van der Waals surface area (Å²) in [7, 11) is 3.18. The van der Waals surface area contributed by atoms with E-state index in [9.17, 15) is 9.59 Å². The molecule has 4 heterocycles. The molecule has 1 saturated carbocycles. The lowest BCUT2D eigenvalue weighted by Gasteiger charge is -2.28. The zero-order chi connectivity index (χ0) is 41.0. The van der Waals surface area contributed by atoms with Gasteiger partial charge in [0.15, 0.2) is 24.0 Å². The molecule has 0 amide bonds. The topological polar surface area (TPSA) is 158 Å². The van der Waals surface area contributed by atoms with Crippen LogP contribution in [0.15, 0.2) is 92.8 Å². The number of carbonyl (C=O) groups is 1. The van der Waals surface area contributed by atoms with Crippen LogP contribution in [0.3, 0.4) is 0 Å². The lowest BCUT2D eigenvalue weighted by atomic mass is 9.79. The molecule has 8 rings (SSSR count). The van der Waals surface area contributed by atoms with Gasteiger partial charge in [-0.1, -0.05) is 54.4 Å². The van der Waals surface area contributed by atoms with E-state index in [-0.39, 0.29) is 43.0 Å². The van der Waals surface area contributed by atoms with E-state index in [4.69, 9.17) is 58.5 Å². The van der Waals surface area contributed by atoms with Gasteiger partial charge < -0.3 is 32.5 Å². The molecule has 3 aromatic carbocycles. The van der Waals surface area contributed by atoms with Crippen molar-refractivity contribution in [2.75, 3.05) is 14.2 Å². The predicted molar refractivity (Wildman–Crippen MR) is 220 cm³/mol. The number of aryl methyl sites for hydroxylation is 1. The molecule has 1 fully saturated rings. The highest BCUT2D eigenvalue weighted by atomic mass is 35.5. The Labute approximate surface area is 348 Å². The number of hydrogen-bond acceptors (Lipinski definition) is 14. The largest absolute Gasteiger partial charge is 0.519 e. The first-order valence-electron chi connectivity index (χ1n) is 18.9. The van der Waals surface area contributed by atoms with Crippen molar-refractivity contribution in [2.24, 2.45) is 0 Å². The first-order chi connectivity index (χ1) is 28.7. The molecule has 0 saturated heterocycles. The molecule has 13 nitrogen and oxygen atoms in total. The molecule has 4 aromatic heterocycles. The summed E-state index contributed by atoms with van der Waals surface area (Å²) in [6, 6.07) is 20.5. The summed E-state index contributed by atoms with van der Waals surface area (Å²) in [6.07, 6.45) is 5.37. The van der Waals surface area contributed by atoms with E-state index >= 15 is 0 Å². The molecular formula is C44H39ClN4O9S. The first-order valence-corrected chi connectivity index (χ1v) is 20.1. The molecule has 1 aliphatic rings. The van der Waals surface area contributed by atoms with Gasteiger partial charge in [-0.05, 0) is 85.2 Å². The number of rotatable bonds is 15. The van der Waals surface area contributed by atoms with Crippen molar-refractivity contribution in [1.82, 2.24) is 19.3 Å². The standard InChI is InChI=1S/C44H39ClN4O9S/c1-24-29(16-17-33(53-4)39(24)45)37-38-36(21-47-40(37)26-11-9-12-26)59-49-42(38)57-34(43(50)55-23-35-25(2)56-44(51)58-35)20-27-10-5-7-14-31(27)54-22-28-18-19-46-41(48-28)30-13-6-8-15-32(30)52-3/h5-8,10,13-19,21,26,34H,9,11-12,20,22-23H2,1-4H3/t34-/m1/s1. The Balaban J connectivity index is 1.14. The molecule has 7 aromatic rings. The van der Waals surface area contributed by atoms with Crippen LogP contribution in [0.4, 0.5) is 0 Å². The number of carbonyl (C=O) groups excluding carboxylic acids is 1. The van der Waals surface area contributed by atoms with Crippen LogP contribution in [-0.2, 0) is 29.2 Å². The number of ether oxygens (including phenoxy) is 5. The van der Waals surface area contributed by atoms with Crippen LogP contribution >= 0.6 is 23.1 Å². The van der Waals surface area contributed by atoms with Crippen molar-refractivity contribution in [3.63, 3.8) is 0 Å². The van der Waals surface area contributed by atoms with E-state index in [0.29, 0.717) is 44.7 Å². The van der Waals surface area contributed by atoms with Gasteiger partial charge in [0, 0.05) is 30.3 Å². The highest BCUT2D eigenvalue weighted by molar-refractivity contribution is 7.13. The predicted octanol–water partition coefficient (Wildman–Crippen LogP) is 9.23. The fraction of sp³-hybridized carbons (Fsp3) is 0.273. The third-order valence-corrected chi connectivity index (χ3v) is 11.6. The van der Waals surface area contributed by atoms with E-state index < -0.39 is 17.9 Å². The number of benzene rings is 3. The quantitative estimate of drug-likeness (QED) is 0.0901. The molecule has 15 heteroatoms. The van der Waals surface area contributed by atoms with Gasteiger partial charge >= 0.3 is 11.8 Å². The average molecular weight is 835 g/mol. The van der Waals surface area contributed by atoms with Crippen molar-refractivity contribution in [3.8, 4) is 45.6 Å². The van der Waals surface area contributed by atoms with Crippen LogP contribution in [0.1, 0.15) is 59.2 Å². The van der Waals surface area contributed by atoms with Gasteiger partial charge in [-0.3, -0.25) is 4.98 Å². The summed E-state index contributed by atoms with van der Waals surface area (Å²) in [5.74, 6) is 1.37. The smallest absolute Gasteiger partial charge is 0.496 e. The van der Waals surface area contributed by atoms with Crippen molar-refractivity contribution in [1.29, 1.82) is 0 Å². The number of methoxy groups -OCH3 is 2. The Kier molecular flexibility index (Phi) is 11.6. The zero-order valence-corrected chi connectivity index (χ0v) is 34.2. The minimum atomic E-state index is -1.23. The van der Waals surface area contributed by atoms with Gasteiger partial charge in [0.2, 0.25) is 12.0 Å². The fourth-order valence-electron chi connectivity index (χ4n) is 7.00. The Morgan fingerprint density at radius 1 is 0.915 bits per heavy atom. The highest BCUT2D eigenvalue weighted by Gasteiger charge is 2.32. The maximum absolute atomic E-state index is 14.1. The van der Waals surface area contributed by atoms with Crippen LogP contribution in [0.5, 0.6) is 23.1 Å². The van der Waals surface area contributed by atoms with Crippen LogP contribution in [0, 0.1) is 13.8 Å². The molecule has 59 heavy (non-hydrogen) atoms. The highest BCUT2D eigenvalue weighted by Crippen LogP contribution is 2.48. The zero-order valence-electron chi connectivity index (χ0n) is 32.7. The molecule has 0 unspecified atom stereocenters. The van der Waals surface area contributed by atoms with E-state index in [1.807, 2.05) is 73.8 Å². The molecule has 1 aliphatic carbocycles. The molecule has 1 atom stereocenters. The average Bonchev–Trinajstić information content (AvgIpc) is 3.80. The Bertz CT molecular complexity index is 2710. The molecule has 302 valence electrons. The van der Waals surface area contributed by atoms with Crippen molar-refractivity contribution < 1.29 is 37.3 Å². The third-order valence-electron chi connectivity index (χ3n) is 10.4. The fourth-order valence-corrected chi connectivity index (χ4v) is 7.94. The molecule has 0 spiro atoms. The van der Waals surface area contributed by atoms with Gasteiger partial charge in [-0.2, -0.15) is 4.37 Å². The number of esters is 1. The molecular weight excluding hydrogens is 796 g/mol. The maximum Gasteiger partial charge on any atom is 0.519 e. The number of aromatic nitrogens is 4. The number of hydrogen-bond donors (Lipinski definition) is 0. The van der Waals surface area contributed by atoms with E-state index in [1.54, 1.807) is 33.4 Å². The summed E-state index contributed by atoms with van der Waals surface area (Å²) in [5, 5.41) is 1.20. The van der Waals surface area contributed by atoms with Gasteiger partial charge in [0.1, 0.15) is 23.9 Å². The van der Waals surface area contributed by atoms with Gasteiger partial charge in [0.05, 0.1) is 46.3 Å². The van der Waals surface area contributed by atoms with Crippen LogP contribution in [0.25, 0.3) is 32.6 Å². The Hall–Kier alpha value is -6.25. The second kappa shape index (κ2) is 17.3. The Morgan fingerprint density at radius 3 is 2.44 bits per heavy atom. The van der Waals surface area contributed by atoms with E-state index in [0.717, 1.165) is 51.9 Å². The first kappa shape index (κ1) is 39.6. The summed E-state index contributed by atoms with van der Waals surface area (Å²) in [6.45, 7) is 3.25. The number of pyridine rings is 1. The third kappa shape index (κ3) is 8.23. The minimum absolute atomic E-state index is 0.0296. The second-order valence-corrected chi connectivity index (χ2v) is 15.1. The lowest BCUT2D eigenvalue weighted by molar-refractivity contribution is -0.154. The number of fused-ring (bicyclic) bond motifs is 1. The maximum atomic E-state index is 14.1. The summed E-state index contributed by atoms with van der Waals surface area (Å²) in [4.78, 5) is 40.0. The van der Waals surface area contributed by atoms with E-state index in [1.165, 1.54) is 11.5 Å². The van der Waals surface area contributed by atoms with Crippen LogP contribution < -0.4 is 24.8 Å². The van der Waals surface area contributed by atoms with Crippen molar-refractivity contribution in [2.45, 2.75) is 64.8 Å². The monoisotopic (exact) mass is 834 g/mol. The van der Waals surface area contributed by atoms with Crippen molar-refractivity contribution in [3.05, 3.63) is 129 Å². The second-order valence-electron chi connectivity index (χ2n) is 13.9. The molecule has 0 radical (unpaired) electrons. The lowest BCUT2D eigenvalue weighted by Crippen LogP contribution is -2.32. The minimum Gasteiger partial charge on any atom is -0.496 e.